The molecule has 1 aromatic heterocycles. The summed E-state index contributed by atoms with van der Waals surface area (Å²) in [6.45, 7) is 0.277. The van der Waals surface area contributed by atoms with E-state index in [1.54, 1.807) is 18.3 Å². The van der Waals surface area contributed by atoms with Crippen LogP contribution in [0.5, 0.6) is 6.01 Å². The van der Waals surface area contributed by atoms with Crippen molar-refractivity contribution in [3.05, 3.63) is 88.5 Å². The molecule has 1 saturated carbocycles. The van der Waals surface area contributed by atoms with E-state index in [2.05, 4.69) is 14.9 Å². The molecule has 1 aliphatic carbocycles. The molecule has 0 spiro atoms. The highest BCUT2D eigenvalue weighted by Crippen LogP contribution is 2.41. The fourth-order valence-corrected chi connectivity index (χ4v) is 5.71. The molecule has 3 aromatic rings. The molecule has 2 heterocycles. The van der Waals surface area contributed by atoms with Crippen molar-refractivity contribution < 1.29 is 32.2 Å². The highest BCUT2D eigenvalue weighted by atomic mass is 19.2. The van der Waals surface area contributed by atoms with Crippen LogP contribution in [-0.4, -0.2) is 56.3 Å². The first-order valence-corrected chi connectivity index (χ1v) is 12.8. The van der Waals surface area contributed by atoms with E-state index in [4.69, 9.17) is 4.74 Å². The Morgan fingerprint density at radius 3 is 2.59 bits per heavy atom. The number of hydrogen-bond acceptors (Lipinski definition) is 5. The van der Waals surface area contributed by atoms with Gasteiger partial charge in [-0.05, 0) is 36.5 Å². The Bertz CT molecular complexity index is 1330. The number of benzene rings is 2. The Balaban J connectivity index is 1.43. The molecule has 11 heteroatoms. The Morgan fingerprint density at radius 2 is 1.85 bits per heavy atom. The van der Waals surface area contributed by atoms with Crippen LogP contribution in [0.3, 0.4) is 0 Å². The normalized spacial score (nSPS) is 21.0. The predicted octanol–water partition coefficient (Wildman–Crippen LogP) is 5.44. The van der Waals surface area contributed by atoms with Crippen molar-refractivity contribution in [3.8, 4) is 6.01 Å². The van der Waals surface area contributed by atoms with Gasteiger partial charge in [-0.3, -0.25) is 4.90 Å². The molecule has 7 nitrogen and oxygen atoms in total. The molecule has 1 aliphatic heterocycles. The van der Waals surface area contributed by atoms with E-state index in [1.807, 2.05) is 18.2 Å². The maximum atomic E-state index is 14.9. The van der Waals surface area contributed by atoms with Crippen LogP contribution >= 0.6 is 0 Å². The summed E-state index contributed by atoms with van der Waals surface area (Å²) in [7, 11) is 0. The monoisotopic (exact) mass is 544 g/mol. The fourth-order valence-electron chi connectivity index (χ4n) is 5.71. The van der Waals surface area contributed by atoms with Crippen LogP contribution in [0, 0.1) is 17.5 Å². The first-order chi connectivity index (χ1) is 18.8. The minimum Gasteiger partial charge on any atom is -0.465 e. The van der Waals surface area contributed by atoms with E-state index >= 15 is 0 Å². The summed E-state index contributed by atoms with van der Waals surface area (Å²) in [5.74, 6) is -4.01. The van der Waals surface area contributed by atoms with Crippen LogP contribution in [0.1, 0.15) is 47.6 Å². The molecule has 0 radical (unpaired) electrons. The zero-order valence-electron chi connectivity index (χ0n) is 21.1. The second-order valence-electron chi connectivity index (χ2n) is 9.89. The van der Waals surface area contributed by atoms with E-state index in [9.17, 15) is 27.5 Å². The molecule has 0 saturated heterocycles. The van der Waals surface area contributed by atoms with Crippen molar-refractivity contribution in [2.45, 2.75) is 56.9 Å². The van der Waals surface area contributed by atoms with Crippen molar-refractivity contribution in [1.29, 1.82) is 0 Å². The number of rotatable bonds is 8. The number of aromatic nitrogens is 2. The zero-order chi connectivity index (χ0) is 27.5. The van der Waals surface area contributed by atoms with Gasteiger partial charge in [0.25, 0.3) is 0 Å². The van der Waals surface area contributed by atoms with Gasteiger partial charge in [0.2, 0.25) is 0 Å². The molecule has 206 valence electrons. The molecule has 1 amide bonds. The van der Waals surface area contributed by atoms with Gasteiger partial charge in [-0.25, -0.2) is 27.3 Å². The van der Waals surface area contributed by atoms with E-state index in [0.717, 1.165) is 22.9 Å². The van der Waals surface area contributed by atoms with Gasteiger partial charge in [0.1, 0.15) is 19.1 Å². The summed E-state index contributed by atoms with van der Waals surface area (Å²) < 4.78 is 60.6. The Labute approximate surface area is 223 Å². The molecule has 0 bridgehead atoms. The van der Waals surface area contributed by atoms with E-state index in [1.165, 1.54) is 4.90 Å². The number of carbonyl (C=O) groups is 1. The summed E-state index contributed by atoms with van der Waals surface area (Å²) in [5, 5.41) is 10.2. The molecule has 2 aromatic carbocycles. The minimum absolute atomic E-state index is 0.0260. The number of alkyl halides is 1. The number of halogens is 4. The van der Waals surface area contributed by atoms with Crippen molar-refractivity contribution in [1.82, 2.24) is 19.8 Å². The second-order valence-corrected chi connectivity index (χ2v) is 9.89. The predicted molar refractivity (Wildman–Crippen MR) is 133 cm³/mol. The van der Waals surface area contributed by atoms with Gasteiger partial charge < -0.3 is 14.7 Å². The number of carboxylic acid groups (broad SMARTS) is 1. The average molecular weight is 545 g/mol. The second kappa shape index (κ2) is 11.6. The largest absolute Gasteiger partial charge is 0.465 e. The number of amides is 1. The Kier molecular flexibility index (Phi) is 7.97. The SMILES string of the molecule is O=C(O)N(Cc1ccccc1)[C@H]1C[C@@H](N2Cc3cnc(OCCF)nc3C2)CC[C@@H]1c1cc(F)c(F)cc1F. The molecule has 3 atom stereocenters. The van der Waals surface area contributed by atoms with Crippen LogP contribution in [0.15, 0.2) is 48.7 Å². The van der Waals surface area contributed by atoms with Crippen molar-refractivity contribution in [2.75, 3.05) is 13.3 Å². The van der Waals surface area contributed by atoms with E-state index in [-0.39, 0.29) is 30.8 Å². The van der Waals surface area contributed by atoms with Crippen molar-refractivity contribution in [3.63, 3.8) is 0 Å². The van der Waals surface area contributed by atoms with Gasteiger partial charge in [-0.1, -0.05) is 30.3 Å². The number of nitrogens with zero attached hydrogens (tertiary/aromatic N) is 4. The summed E-state index contributed by atoms with van der Waals surface area (Å²) in [4.78, 5) is 24.5. The van der Waals surface area contributed by atoms with Crippen LogP contribution in [0.25, 0.3) is 0 Å². The lowest BCUT2D eigenvalue weighted by atomic mass is 9.76. The highest BCUT2D eigenvalue weighted by Gasteiger charge is 2.42. The standard InChI is InChI=1S/C28H28F4N4O3/c29-8-9-39-27-33-13-18-15-35(16-25(18)34-27)19-6-7-20(21-11-23(31)24(32)12-22(21)30)26(10-19)36(28(37)38)14-17-4-2-1-3-5-17/h1-5,11-13,19-20,26H,6-10,14-16H2,(H,37,38)/t19-,20+,26-/m0/s1. The molecular formula is C28H28F4N4O3. The number of ether oxygens (including phenoxy) is 1. The van der Waals surface area contributed by atoms with Gasteiger partial charge in [0, 0.05) is 55.5 Å². The van der Waals surface area contributed by atoms with Gasteiger partial charge in [0.05, 0.1) is 5.69 Å². The lowest BCUT2D eigenvalue weighted by molar-refractivity contribution is 0.0596. The molecule has 5 rings (SSSR count). The maximum absolute atomic E-state index is 14.9. The molecule has 39 heavy (non-hydrogen) atoms. The van der Waals surface area contributed by atoms with Crippen LogP contribution in [0.2, 0.25) is 0 Å². The van der Waals surface area contributed by atoms with Gasteiger partial charge >= 0.3 is 12.1 Å². The molecule has 1 fully saturated rings. The Hall–Kier alpha value is -3.73. The number of fused-ring (bicyclic) bond motifs is 1. The summed E-state index contributed by atoms with van der Waals surface area (Å²) in [5.41, 5.74) is 2.38. The summed E-state index contributed by atoms with van der Waals surface area (Å²) in [6.07, 6.45) is 1.79. The molecule has 2 aliphatic rings. The quantitative estimate of drug-likeness (QED) is 0.301. The van der Waals surface area contributed by atoms with Crippen molar-refractivity contribution >= 4 is 6.09 Å². The van der Waals surface area contributed by atoms with E-state index < -0.39 is 42.2 Å². The highest BCUT2D eigenvalue weighted by molar-refractivity contribution is 5.66. The van der Waals surface area contributed by atoms with Gasteiger partial charge in [-0.15, -0.1) is 0 Å². The third-order valence-corrected chi connectivity index (χ3v) is 7.55. The molecule has 0 unspecified atom stereocenters. The number of hydrogen-bond donors (Lipinski definition) is 1. The van der Waals surface area contributed by atoms with Crippen LogP contribution in [-0.2, 0) is 19.6 Å². The van der Waals surface area contributed by atoms with Crippen LogP contribution < -0.4 is 4.74 Å². The first-order valence-electron chi connectivity index (χ1n) is 12.8. The Morgan fingerprint density at radius 1 is 1.08 bits per heavy atom. The third-order valence-electron chi connectivity index (χ3n) is 7.55. The lowest BCUT2D eigenvalue weighted by Gasteiger charge is -2.44. The van der Waals surface area contributed by atoms with Crippen molar-refractivity contribution in [2.24, 2.45) is 0 Å². The average Bonchev–Trinajstić information content (AvgIpc) is 3.36. The smallest absolute Gasteiger partial charge is 0.407 e. The lowest BCUT2D eigenvalue weighted by Crippen LogP contribution is -2.50. The van der Waals surface area contributed by atoms with Crippen LogP contribution in [0.4, 0.5) is 22.4 Å². The minimum atomic E-state index is -1.29. The fraction of sp³-hybridized carbons (Fsp3) is 0.393. The first kappa shape index (κ1) is 26.9. The molecule has 1 N–H and O–H groups in total. The van der Waals surface area contributed by atoms with Gasteiger partial charge in [0.15, 0.2) is 11.6 Å². The third kappa shape index (κ3) is 5.83. The summed E-state index contributed by atoms with van der Waals surface area (Å²) >= 11 is 0. The topological polar surface area (TPSA) is 78.8 Å². The van der Waals surface area contributed by atoms with Gasteiger partial charge in [-0.2, -0.15) is 4.98 Å². The maximum Gasteiger partial charge on any atom is 0.407 e. The summed E-state index contributed by atoms with van der Waals surface area (Å²) in [6, 6.07) is 9.75. The molecular weight excluding hydrogens is 516 g/mol. The van der Waals surface area contributed by atoms with E-state index in [0.29, 0.717) is 38.4 Å². The zero-order valence-corrected chi connectivity index (χ0v) is 21.1.